The molecule has 0 saturated heterocycles. The fourth-order valence-corrected chi connectivity index (χ4v) is 1.80. The van der Waals surface area contributed by atoms with Gasteiger partial charge in [0.25, 0.3) is 0 Å². The molecule has 0 radical (unpaired) electrons. The summed E-state index contributed by atoms with van der Waals surface area (Å²) in [4.78, 5) is 11.1. The van der Waals surface area contributed by atoms with Crippen LogP contribution in [0.15, 0.2) is 36.7 Å². The number of benzene rings is 1. The fraction of sp³-hybridized carbons (Fsp3) is 0. The van der Waals surface area contributed by atoms with Crippen LogP contribution in [0.2, 0.25) is 0 Å². The number of para-hydroxylation sites is 1. The summed E-state index contributed by atoms with van der Waals surface area (Å²) in [7, 11) is 0. The van der Waals surface area contributed by atoms with Crippen molar-refractivity contribution in [3.05, 3.63) is 48.0 Å². The summed E-state index contributed by atoms with van der Waals surface area (Å²) in [5.41, 5.74) is 2.36. The first kappa shape index (κ1) is 10.4. The third kappa shape index (κ3) is 1.60. The molecule has 5 heteroatoms. The summed E-state index contributed by atoms with van der Waals surface area (Å²) in [6.07, 6.45) is 2.65. The van der Waals surface area contributed by atoms with Crippen molar-refractivity contribution in [1.29, 1.82) is 5.26 Å². The molecule has 0 bridgehead atoms. The first-order valence-corrected chi connectivity index (χ1v) is 5.27. The largest absolute Gasteiger partial charge is 0.338 e. The van der Waals surface area contributed by atoms with E-state index in [1.165, 1.54) is 12.3 Å². The maximum absolute atomic E-state index is 13.1. The van der Waals surface area contributed by atoms with Gasteiger partial charge in [-0.25, -0.2) is 9.37 Å². The molecule has 0 aliphatic carbocycles. The van der Waals surface area contributed by atoms with Crippen molar-refractivity contribution in [2.75, 3.05) is 0 Å². The summed E-state index contributed by atoms with van der Waals surface area (Å²) in [6.45, 7) is 0. The maximum Gasteiger partial charge on any atom is 0.142 e. The highest BCUT2D eigenvalue weighted by Gasteiger charge is 2.09. The topological polar surface area (TPSA) is 65.4 Å². The molecule has 18 heavy (non-hydrogen) atoms. The molecule has 3 rings (SSSR count). The predicted octanol–water partition coefficient (Wildman–Crippen LogP) is 2.64. The third-order valence-electron chi connectivity index (χ3n) is 2.61. The van der Waals surface area contributed by atoms with Crippen molar-refractivity contribution in [1.82, 2.24) is 15.0 Å². The number of H-pyrrole nitrogens is 1. The molecular weight excluding hydrogens is 231 g/mol. The summed E-state index contributed by atoms with van der Waals surface area (Å²) < 4.78 is 13.1. The number of aromatic amines is 1. The van der Waals surface area contributed by atoms with E-state index < -0.39 is 5.82 Å². The zero-order valence-corrected chi connectivity index (χ0v) is 9.18. The highest BCUT2D eigenvalue weighted by atomic mass is 19.1. The van der Waals surface area contributed by atoms with Crippen molar-refractivity contribution in [2.24, 2.45) is 0 Å². The lowest BCUT2D eigenvalue weighted by molar-refractivity contribution is 0.622. The van der Waals surface area contributed by atoms with Crippen LogP contribution in [0.25, 0.3) is 22.4 Å². The van der Waals surface area contributed by atoms with Crippen LogP contribution in [0.5, 0.6) is 0 Å². The normalized spacial score (nSPS) is 10.4. The summed E-state index contributed by atoms with van der Waals surface area (Å²) in [6, 6.07) is 8.70. The van der Waals surface area contributed by atoms with Gasteiger partial charge in [-0.1, -0.05) is 6.07 Å². The van der Waals surface area contributed by atoms with Crippen LogP contribution in [-0.4, -0.2) is 15.0 Å². The number of halogens is 1. The lowest BCUT2D eigenvalue weighted by Crippen LogP contribution is -1.84. The maximum atomic E-state index is 13.1. The third-order valence-corrected chi connectivity index (χ3v) is 2.61. The van der Waals surface area contributed by atoms with Gasteiger partial charge in [-0.05, 0) is 18.2 Å². The minimum atomic E-state index is -0.423. The molecule has 2 aromatic heterocycles. The average Bonchev–Trinajstić information content (AvgIpc) is 2.82. The lowest BCUT2D eigenvalue weighted by Gasteiger charge is -1.94. The SMILES string of the molecule is N#Cc1cccc2[nH]c(-c3cncc(F)c3)nc12. The highest BCUT2D eigenvalue weighted by molar-refractivity contribution is 5.84. The number of nitrogens with zero attached hydrogens (tertiary/aromatic N) is 3. The van der Waals surface area contributed by atoms with Crippen LogP contribution >= 0.6 is 0 Å². The molecule has 86 valence electrons. The Morgan fingerprint density at radius 3 is 2.94 bits per heavy atom. The fourth-order valence-electron chi connectivity index (χ4n) is 1.80. The zero-order valence-electron chi connectivity index (χ0n) is 9.18. The molecule has 0 unspecified atom stereocenters. The molecule has 0 aliphatic rings. The van der Waals surface area contributed by atoms with Crippen LogP contribution in [0.1, 0.15) is 5.56 Å². The Balaban J connectivity index is 2.23. The minimum Gasteiger partial charge on any atom is -0.338 e. The van der Waals surface area contributed by atoms with Gasteiger partial charge in [-0.3, -0.25) is 4.98 Å². The first-order valence-electron chi connectivity index (χ1n) is 5.27. The molecule has 1 N–H and O–H groups in total. The molecular formula is C13H7FN4. The average molecular weight is 238 g/mol. The van der Waals surface area contributed by atoms with Crippen molar-refractivity contribution < 1.29 is 4.39 Å². The van der Waals surface area contributed by atoms with E-state index in [-0.39, 0.29) is 0 Å². The van der Waals surface area contributed by atoms with E-state index in [4.69, 9.17) is 5.26 Å². The van der Waals surface area contributed by atoms with Gasteiger partial charge >= 0.3 is 0 Å². The molecule has 0 fully saturated rings. The first-order chi connectivity index (χ1) is 8.78. The minimum absolute atomic E-state index is 0.423. The summed E-state index contributed by atoms with van der Waals surface area (Å²) in [5, 5.41) is 8.98. The molecule has 1 aromatic carbocycles. The molecule has 0 spiro atoms. The van der Waals surface area contributed by atoms with E-state index in [9.17, 15) is 4.39 Å². The van der Waals surface area contributed by atoms with E-state index >= 15 is 0 Å². The smallest absolute Gasteiger partial charge is 0.142 e. The molecule has 3 aromatic rings. The van der Waals surface area contributed by atoms with Crippen molar-refractivity contribution in [3.63, 3.8) is 0 Å². The standard InChI is InChI=1S/C13H7FN4/c14-10-4-9(6-16-7-10)13-17-11-3-1-2-8(5-15)12(11)18-13/h1-4,6-7H,(H,17,18). The second kappa shape index (κ2) is 3.93. The molecule has 0 amide bonds. The van der Waals surface area contributed by atoms with E-state index in [0.29, 0.717) is 22.5 Å². The monoisotopic (exact) mass is 238 g/mol. The van der Waals surface area contributed by atoms with E-state index in [1.54, 1.807) is 12.1 Å². The van der Waals surface area contributed by atoms with Crippen molar-refractivity contribution in [2.45, 2.75) is 0 Å². The Hall–Kier alpha value is -2.74. The van der Waals surface area contributed by atoms with E-state index in [2.05, 4.69) is 21.0 Å². The lowest BCUT2D eigenvalue weighted by atomic mass is 10.2. The van der Waals surface area contributed by atoms with Crippen LogP contribution in [0, 0.1) is 17.1 Å². The molecule has 2 heterocycles. The second-order valence-corrected chi connectivity index (χ2v) is 3.79. The number of rotatable bonds is 1. The number of aromatic nitrogens is 3. The van der Waals surface area contributed by atoms with Crippen LogP contribution in [0.4, 0.5) is 4.39 Å². The Morgan fingerprint density at radius 2 is 2.17 bits per heavy atom. The van der Waals surface area contributed by atoms with Crippen molar-refractivity contribution in [3.8, 4) is 17.5 Å². The molecule has 0 saturated carbocycles. The van der Waals surface area contributed by atoms with Gasteiger partial charge < -0.3 is 4.98 Å². The quantitative estimate of drug-likeness (QED) is 0.708. The Kier molecular flexibility index (Phi) is 2.27. The molecule has 0 atom stereocenters. The Bertz CT molecular complexity index is 770. The summed E-state index contributed by atoms with van der Waals surface area (Å²) in [5.74, 6) is 0.0770. The molecule has 0 aliphatic heterocycles. The summed E-state index contributed by atoms with van der Waals surface area (Å²) >= 11 is 0. The number of nitriles is 1. The number of nitrogens with one attached hydrogen (secondary N) is 1. The van der Waals surface area contributed by atoms with E-state index in [1.807, 2.05) is 6.07 Å². The van der Waals surface area contributed by atoms with Crippen LogP contribution < -0.4 is 0 Å². The number of fused-ring (bicyclic) bond motifs is 1. The van der Waals surface area contributed by atoms with Gasteiger partial charge in [0.15, 0.2) is 0 Å². The number of pyridine rings is 1. The Morgan fingerprint density at radius 1 is 1.28 bits per heavy atom. The molecule has 4 nitrogen and oxygen atoms in total. The van der Waals surface area contributed by atoms with Gasteiger partial charge in [0, 0.05) is 11.8 Å². The zero-order chi connectivity index (χ0) is 12.5. The number of hydrogen-bond acceptors (Lipinski definition) is 3. The predicted molar refractivity (Wildman–Crippen MR) is 64.0 cm³/mol. The van der Waals surface area contributed by atoms with Crippen LogP contribution in [-0.2, 0) is 0 Å². The number of imidazole rings is 1. The van der Waals surface area contributed by atoms with Crippen molar-refractivity contribution >= 4 is 11.0 Å². The van der Waals surface area contributed by atoms with Gasteiger partial charge in [-0.2, -0.15) is 5.26 Å². The van der Waals surface area contributed by atoms with Crippen LogP contribution in [0.3, 0.4) is 0 Å². The highest BCUT2D eigenvalue weighted by Crippen LogP contribution is 2.22. The van der Waals surface area contributed by atoms with Gasteiger partial charge in [0.1, 0.15) is 23.2 Å². The Labute approximate surface area is 102 Å². The van der Waals surface area contributed by atoms with Gasteiger partial charge in [0.05, 0.1) is 17.3 Å². The number of hydrogen-bond donors (Lipinski definition) is 1. The second-order valence-electron chi connectivity index (χ2n) is 3.79. The van der Waals surface area contributed by atoms with E-state index in [0.717, 1.165) is 11.7 Å². The van der Waals surface area contributed by atoms with Gasteiger partial charge in [0.2, 0.25) is 0 Å². The van der Waals surface area contributed by atoms with Gasteiger partial charge in [-0.15, -0.1) is 0 Å².